The van der Waals surface area contributed by atoms with Crippen LogP contribution in [-0.2, 0) is 10.2 Å². The summed E-state index contributed by atoms with van der Waals surface area (Å²) in [6.07, 6.45) is 4.44. The van der Waals surface area contributed by atoms with Crippen LogP contribution in [0.25, 0.3) is 0 Å². The summed E-state index contributed by atoms with van der Waals surface area (Å²) in [6, 6.07) is 4.98. The number of rotatable bonds is 3. The lowest BCUT2D eigenvalue weighted by Crippen LogP contribution is -2.45. The van der Waals surface area contributed by atoms with Crippen molar-refractivity contribution in [3.63, 3.8) is 0 Å². The SMILES string of the molecule is CN(C(=O)OC(C)(C)C)C1CN(c2ncnc3c2C2(CCC2)CN3c2cc(C#N)ccn2)CC1F. The van der Waals surface area contributed by atoms with Gasteiger partial charge in [-0.2, -0.15) is 5.26 Å². The normalized spacial score (nSPS) is 22.5. The zero-order valence-electron chi connectivity index (χ0n) is 20.5. The summed E-state index contributed by atoms with van der Waals surface area (Å²) in [5.41, 5.74) is 0.772. The maximum absolute atomic E-state index is 15.2. The first kappa shape index (κ1) is 23.3. The van der Waals surface area contributed by atoms with Crippen LogP contribution in [0.15, 0.2) is 24.7 Å². The lowest BCUT2D eigenvalue weighted by atomic mass is 9.66. The van der Waals surface area contributed by atoms with E-state index in [1.165, 1.54) is 11.2 Å². The Hall–Kier alpha value is -3.48. The summed E-state index contributed by atoms with van der Waals surface area (Å²) in [6.45, 7) is 6.54. The molecule has 1 amide bonds. The van der Waals surface area contributed by atoms with Gasteiger partial charge in [-0.1, -0.05) is 6.42 Å². The zero-order chi connectivity index (χ0) is 25.0. The molecule has 184 valence electrons. The van der Waals surface area contributed by atoms with Crippen molar-refractivity contribution in [1.29, 1.82) is 5.26 Å². The molecule has 1 spiro atoms. The topological polar surface area (TPSA) is 98.5 Å². The third-order valence-electron chi connectivity index (χ3n) is 7.21. The predicted molar refractivity (Wildman–Crippen MR) is 128 cm³/mol. The monoisotopic (exact) mass is 479 g/mol. The molecule has 35 heavy (non-hydrogen) atoms. The number of ether oxygens (including phenoxy) is 1. The van der Waals surface area contributed by atoms with Gasteiger partial charge in [-0.25, -0.2) is 24.1 Å². The van der Waals surface area contributed by atoms with E-state index in [9.17, 15) is 10.1 Å². The molecule has 0 aromatic carbocycles. The van der Waals surface area contributed by atoms with Gasteiger partial charge in [0, 0.05) is 37.3 Å². The summed E-state index contributed by atoms with van der Waals surface area (Å²) in [4.78, 5) is 31.7. The average Bonchev–Trinajstić information content (AvgIpc) is 3.36. The van der Waals surface area contributed by atoms with Crippen molar-refractivity contribution in [3.05, 3.63) is 35.8 Å². The number of anilines is 3. The lowest BCUT2D eigenvalue weighted by Gasteiger charge is -2.40. The molecule has 2 unspecified atom stereocenters. The number of carbonyl (C=O) groups excluding carboxylic acids is 1. The molecule has 0 radical (unpaired) electrons. The van der Waals surface area contributed by atoms with Crippen molar-refractivity contribution in [2.45, 2.75) is 63.3 Å². The third kappa shape index (κ3) is 4.03. The molecule has 1 saturated carbocycles. The number of alkyl halides is 1. The van der Waals surface area contributed by atoms with Crippen LogP contribution in [0.2, 0.25) is 0 Å². The Labute approximate surface area is 204 Å². The first-order valence-corrected chi connectivity index (χ1v) is 12.0. The molecular weight excluding hydrogens is 449 g/mol. The van der Waals surface area contributed by atoms with Gasteiger partial charge in [-0.15, -0.1) is 0 Å². The number of hydrogen-bond donors (Lipinski definition) is 0. The van der Waals surface area contributed by atoms with Crippen LogP contribution in [0.5, 0.6) is 0 Å². The highest BCUT2D eigenvalue weighted by Crippen LogP contribution is 2.56. The Morgan fingerprint density at radius 2 is 2.00 bits per heavy atom. The minimum Gasteiger partial charge on any atom is -0.444 e. The number of nitrogens with zero attached hydrogens (tertiary/aromatic N) is 7. The maximum atomic E-state index is 15.2. The average molecular weight is 480 g/mol. The van der Waals surface area contributed by atoms with Crippen molar-refractivity contribution in [2.24, 2.45) is 0 Å². The van der Waals surface area contributed by atoms with Crippen LogP contribution in [0.1, 0.15) is 51.2 Å². The molecular formula is C25H30FN7O2. The second kappa shape index (κ2) is 8.33. The number of amides is 1. The molecule has 4 heterocycles. The van der Waals surface area contributed by atoms with Gasteiger partial charge in [-0.05, 0) is 45.7 Å². The highest BCUT2D eigenvalue weighted by Gasteiger charge is 2.52. The van der Waals surface area contributed by atoms with E-state index in [0.717, 1.165) is 36.5 Å². The Morgan fingerprint density at radius 1 is 1.26 bits per heavy atom. The Bertz CT molecular complexity index is 1190. The molecule has 0 N–H and O–H groups in total. The third-order valence-corrected chi connectivity index (χ3v) is 7.21. The number of hydrogen-bond acceptors (Lipinski definition) is 8. The Morgan fingerprint density at radius 3 is 2.66 bits per heavy atom. The zero-order valence-corrected chi connectivity index (χ0v) is 20.5. The fraction of sp³-hybridized carbons (Fsp3) is 0.560. The number of pyridine rings is 1. The molecule has 1 saturated heterocycles. The van der Waals surface area contributed by atoms with Crippen LogP contribution in [-0.4, -0.2) is 70.4 Å². The number of carbonyl (C=O) groups is 1. The smallest absolute Gasteiger partial charge is 0.410 e. The van der Waals surface area contributed by atoms with E-state index in [1.807, 2.05) is 9.80 Å². The highest BCUT2D eigenvalue weighted by molar-refractivity contribution is 5.75. The minimum atomic E-state index is -1.23. The number of nitriles is 1. The van der Waals surface area contributed by atoms with Crippen LogP contribution in [0.3, 0.4) is 0 Å². The molecule has 3 aliphatic rings. The van der Waals surface area contributed by atoms with Gasteiger partial charge in [0.2, 0.25) is 0 Å². The van der Waals surface area contributed by atoms with Crippen LogP contribution >= 0.6 is 0 Å². The molecule has 1 aliphatic carbocycles. The predicted octanol–water partition coefficient (Wildman–Crippen LogP) is 3.71. The fourth-order valence-electron chi connectivity index (χ4n) is 5.33. The van der Waals surface area contributed by atoms with E-state index in [0.29, 0.717) is 24.5 Å². The molecule has 5 rings (SSSR count). The van der Waals surface area contributed by atoms with Gasteiger partial charge < -0.3 is 19.4 Å². The number of halogens is 1. The fourth-order valence-corrected chi connectivity index (χ4v) is 5.33. The second-order valence-electron chi connectivity index (χ2n) is 10.7. The van der Waals surface area contributed by atoms with E-state index >= 15 is 4.39 Å². The molecule has 0 bridgehead atoms. The summed E-state index contributed by atoms with van der Waals surface area (Å²) in [7, 11) is 1.59. The van der Waals surface area contributed by atoms with Crippen LogP contribution < -0.4 is 9.80 Å². The van der Waals surface area contributed by atoms with Gasteiger partial charge in [0.1, 0.15) is 35.6 Å². The largest absolute Gasteiger partial charge is 0.444 e. The molecule has 2 aliphatic heterocycles. The molecule has 9 nitrogen and oxygen atoms in total. The van der Waals surface area contributed by atoms with Gasteiger partial charge in [0.05, 0.1) is 24.2 Å². The maximum Gasteiger partial charge on any atom is 0.410 e. The second-order valence-corrected chi connectivity index (χ2v) is 10.7. The Kier molecular flexibility index (Phi) is 5.54. The van der Waals surface area contributed by atoms with Gasteiger partial charge in [0.15, 0.2) is 0 Å². The van der Waals surface area contributed by atoms with E-state index < -0.39 is 23.9 Å². The molecule has 2 fully saturated rings. The van der Waals surface area contributed by atoms with Gasteiger partial charge in [0.25, 0.3) is 0 Å². The number of fused-ring (bicyclic) bond motifs is 2. The van der Waals surface area contributed by atoms with Crippen molar-refractivity contribution in [3.8, 4) is 6.07 Å². The van der Waals surface area contributed by atoms with E-state index in [4.69, 9.17) is 4.74 Å². The van der Waals surface area contributed by atoms with Crippen molar-refractivity contribution >= 4 is 23.5 Å². The first-order valence-electron chi connectivity index (χ1n) is 12.0. The summed E-state index contributed by atoms with van der Waals surface area (Å²) < 4.78 is 20.7. The molecule has 2 aromatic rings. The number of aromatic nitrogens is 3. The van der Waals surface area contributed by atoms with E-state index in [2.05, 4.69) is 21.0 Å². The van der Waals surface area contributed by atoms with Crippen molar-refractivity contribution in [1.82, 2.24) is 19.9 Å². The van der Waals surface area contributed by atoms with Gasteiger partial charge in [-0.3, -0.25) is 0 Å². The van der Waals surface area contributed by atoms with E-state index in [-0.39, 0.29) is 12.0 Å². The Balaban J connectivity index is 1.46. The molecule has 2 atom stereocenters. The van der Waals surface area contributed by atoms with E-state index in [1.54, 1.807) is 46.1 Å². The highest BCUT2D eigenvalue weighted by atomic mass is 19.1. The molecule has 10 heteroatoms. The van der Waals surface area contributed by atoms with Crippen LogP contribution in [0, 0.1) is 11.3 Å². The van der Waals surface area contributed by atoms with Gasteiger partial charge >= 0.3 is 6.09 Å². The minimum absolute atomic E-state index is 0.128. The quantitative estimate of drug-likeness (QED) is 0.657. The number of likely N-dealkylation sites (N-methyl/N-ethyl adjacent to an activating group) is 1. The summed E-state index contributed by atoms with van der Waals surface area (Å²) in [5.74, 6) is 2.15. The lowest BCUT2D eigenvalue weighted by molar-refractivity contribution is 0.0183. The van der Waals surface area contributed by atoms with Crippen molar-refractivity contribution < 1.29 is 13.9 Å². The standard InChI is InChI=1S/C25H30FN7O2/c1-24(2,3)35-23(34)31(4)18-13-32(12-17(18)26)21-20-22(30-15-29-21)33(14-25(20)7-5-8-25)19-10-16(11-27)6-9-28-19/h6,9-10,15,17-18H,5,7-8,12-14H2,1-4H3. The first-order chi connectivity index (χ1) is 16.6. The summed E-state index contributed by atoms with van der Waals surface area (Å²) >= 11 is 0. The van der Waals surface area contributed by atoms with Crippen molar-refractivity contribution in [2.75, 3.05) is 36.5 Å². The molecule has 2 aromatic heterocycles. The summed E-state index contributed by atoms with van der Waals surface area (Å²) in [5, 5.41) is 9.34. The van der Waals surface area contributed by atoms with Crippen LogP contribution in [0.4, 0.5) is 26.6 Å².